The predicted molar refractivity (Wildman–Crippen MR) is 49.9 cm³/mol. The second-order valence-electron chi connectivity index (χ2n) is 3.22. The number of rotatable bonds is 4. The molecule has 1 rings (SSSR count). The van der Waals surface area contributed by atoms with E-state index >= 15 is 0 Å². The SMILES string of the molecule is O=C(O)Cc1c(CF)cc(=O)[nH]c1OC(F)(F)F. The molecular formula is C9H7F4NO4. The van der Waals surface area contributed by atoms with Crippen molar-refractivity contribution < 1.29 is 32.2 Å². The first kappa shape index (κ1) is 14.0. The van der Waals surface area contributed by atoms with Gasteiger partial charge in [0.1, 0.15) is 6.67 Å². The first-order valence-corrected chi connectivity index (χ1v) is 4.51. The number of nitrogens with one attached hydrogen (secondary N) is 1. The summed E-state index contributed by atoms with van der Waals surface area (Å²) in [6.45, 7) is -1.28. The van der Waals surface area contributed by atoms with Crippen molar-refractivity contribution in [3.8, 4) is 5.88 Å². The van der Waals surface area contributed by atoms with E-state index in [1.807, 2.05) is 0 Å². The van der Waals surface area contributed by atoms with E-state index in [9.17, 15) is 27.2 Å². The Hall–Kier alpha value is -2.06. The highest BCUT2D eigenvalue weighted by atomic mass is 19.4. The summed E-state index contributed by atoms with van der Waals surface area (Å²) in [5.74, 6) is -2.59. The number of alkyl halides is 4. The average molecular weight is 269 g/mol. The molecule has 0 radical (unpaired) electrons. The minimum absolute atomic E-state index is 0.458. The maximum absolute atomic E-state index is 12.5. The molecule has 1 aromatic rings. The molecule has 1 heterocycles. The molecule has 0 unspecified atom stereocenters. The van der Waals surface area contributed by atoms with Gasteiger partial charge in [-0.15, -0.1) is 13.2 Å². The van der Waals surface area contributed by atoms with Crippen LogP contribution in [0, 0.1) is 0 Å². The summed E-state index contributed by atoms with van der Waals surface area (Å²) in [6.07, 6.45) is -6.02. The largest absolute Gasteiger partial charge is 0.574 e. The minimum atomic E-state index is -5.12. The van der Waals surface area contributed by atoms with Crippen LogP contribution in [-0.2, 0) is 17.9 Å². The number of carboxylic acids is 1. The summed E-state index contributed by atoms with van der Waals surface area (Å²) in [6, 6.07) is 0.682. The number of ether oxygens (including phenoxy) is 1. The van der Waals surface area contributed by atoms with E-state index < -0.39 is 48.0 Å². The van der Waals surface area contributed by atoms with Crippen molar-refractivity contribution in [2.45, 2.75) is 19.5 Å². The van der Waals surface area contributed by atoms with Crippen LogP contribution in [0.4, 0.5) is 17.6 Å². The Morgan fingerprint density at radius 2 is 2.06 bits per heavy atom. The van der Waals surface area contributed by atoms with Gasteiger partial charge in [0.25, 0.3) is 5.56 Å². The molecule has 0 bridgehead atoms. The highest BCUT2D eigenvalue weighted by Gasteiger charge is 2.33. The van der Waals surface area contributed by atoms with E-state index in [1.165, 1.54) is 0 Å². The number of H-pyrrole nitrogens is 1. The predicted octanol–water partition coefficient (Wildman–Crippen LogP) is 1.37. The molecule has 2 N–H and O–H groups in total. The molecule has 0 atom stereocenters. The van der Waals surface area contributed by atoms with E-state index in [4.69, 9.17) is 5.11 Å². The van der Waals surface area contributed by atoms with Gasteiger partial charge in [-0.25, -0.2) is 4.39 Å². The number of hydrogen-bond donors (Lipinski definition) is 2. The van der Waals surface area contributed by atoms with Crippen LogP contribution in [0.25, 0.3) is 0 Å². The normalized spacial score (nSPS) is 11.3. The summed E-state index contributed by atoms with van der Waals surface area (Å²) in [5.41, 5.74) is -2.03. The molecule has 0 amide bonds. The third-order valence-electron chi connectivity index (χ3n) is 1.89. The average Bonchev–Trinajstić information content (AvgIpc) is 2.18. The van der Waals surface area contributed by atoms with Gasteiger partial charge in [0.2, 0.25) is 5.88 Å². The molecule has 18 heavy (non-hydrogen) atoms. The lowest BCUT2D eigenvalue weighted by molar-refractivity contribution is -0.276. The fraction of sp³-hybridized carbons (Fsp3) is 0.333. The molecule has 0 fully saturated rings. The van der Waals surface area contributed by atoms with Gasteiger partial charge in [0.15, 0.2) is 0 Å². The second kappa shape index (κ2) is 5.07. The minimum Gasteiger partial charge on any atom is -0.481 e. The van der Waals surface area contributed by atoms with Gasteiger partial charge in [-0.1, -0.05) is 0 Å². The Kier molecular flexibility index (Phi) is 3.94. The molecule has 0 aliphatic carbocycles. The van der Waals surface area contributed by atoms with Crippen molar-refractivity contribution >= 4 is 5.97 Å². The summed E-state index contributed by atoms with van der Waals surface area (Å²) in [7, 11) is 0. The molecule has 0 saturated carbocycles. The van der Waals surface area contributed by atoms with Gasteiger partial charge >= 0.3 is 12.3 Å². The monoisotopic (exact) mass is 269 g/mol. The standard InChI is InChI=1S/C9H7F4NO4/c10-3-4-1-6(15)14-8(18-9(11,12)13)5(4)2-7(16)17/h1H,2-3H2,(H,14,15)(H,16,17). The van der Waals surface area contributed by atoms with Crippen LogP contribution in [0.2, 0.25) is 0 Å². The van der Waals surface area contributed by atoms with Crippen LogP contribution in [0.3, 0.4) is 0 Å². The van der Waals surface area contributed by atoms with Crippen LogP contribution < -0.4 is 10.3 Å². The summed E-state index contributed by atoms with van der Waals surface area (Å²) < 4.78 is 52.1. The second-order valence-corrected chi connectivity index (χ2v) is 3.22. The Labute approximate surface area is 97.0 Å². The van der Waals surface area contributed by atoms with E-state index in [-0.39, 0.29) is 0 Å². The molecule has 0 spiro atoms. The smallest absolute Gasteiger partial charge is 0.481 e. The van der Waals surface area contributed by atoms with Crippen LogP contribution >= 0.6 is 0 Å². The van der Waals surface area contributed by atoms with E-state index in [2.05, 4.69) is 4.74 Å². The lowest BCUT2D eigenvalue weighted by Crippen LogP contribution is -2.23. The molecule has 0 aliphatic heterocycles. The van der Waals surface area contributed by atoms with Crippen molar-refractivity contribution in [3.05, 3.63) is 27.5 Å². The Morgan fingerprint density at radius 1 is 1.44 bits per heavy atom. The molecule has 5 nitrogen and oxygen atoms in total. The first-order valence-electron chi connectivity index (χ1n) is 4.51. The summed E-state index contributed by atoms with van der Waals surface area (Å²) in [4.78, 5) is 23.1. The zero-order valence-corrected chi connectivity index (χ0v) is 8.68. The Morgan fingerprint density at radius 3 is 2.50 bits per heavy atom. The number of pyridine rings is 1. The van der Waals surface area contributed by atoms with Crippen molar-refractivity contribution in [3.63, 3.8) is 0 Å². The van der Waals surface area contributed by atoms with Crippen molar-refractivity contribution in [2.24, 2.45) is 0 Å². The quantitative estimate of drug-likeness (QED) is 0.809. The van der Waals surface area contributed by atoms with Crippen molar-refractivity contribution in [1.29, 1.82) is 0 Å². The number of aromatic amines is 1. The zero-order valence-electron chi connectivity index (χ0n) is 8.68. The third kappa shape index (κ3) is 3.75. The fourth-order valence-corrected chi connectivity index (χ4v) is 1.28. The Balaban J connectivity index is 3.32. The van der Waals surface area contributed by atoms with Crippen LogP contribution in [0.1, 0.15) is 11.1 Å². The lowest BCUT2D eigenvalue weighted by atomic mass is 10.1. The van der Waals surface area contributed by atoms with Crippen molar-refractivity contribution in [2.75, 3.05) is 0 Å². The zero-order chi connectivity index (χ0) is 13.9. The topological polar surface area (TPSA) is 79.4 Å². The summed E-state index contributed by atoms with van der Waals surface area (Å²) >= 11 is 0. The van der Waals surface area contributed by atoms with Gasteiger partial charge in [-0.05, 0) is 5.56 Å². The number of carboxylic acid groups (broad SMARTS) is 1. The third-order valence-corrected chi connectivity index (χ3v) is 1.89. The molecule has 100 valence electrons. The van der Waals surface area contributed by atoms with Crippen LogP contribution in [-0.4, -0.2) is 22.4 Å². The van der Waals surface area contributed by atoms with Gasteiger partial charge < -0.3 is 9.84 Å². The van der Waals surface area contributed by atoms with Crippen LogP contribution in [0.15, 0.2) is 10.9 Å². The molecule has 0 aromatic carbocycles. The van der Waals surface area contributed by atoms with E-state index in [1.54, 1.807) is 4.98 Å². The van der Waals surface area contributed by atoms with Gasteiger partial charge in [-0.3, -0.25) is 14.6 Å². The number of halogens is 4. The van der Waals surface area contributed by atoms with E-state index in [0.717, 1.165) is 0 Å². The maximum Gasteiger partial charge on any atom is 0.574 e. The Bertz CT molecular complexity index is 508. The van der Waals surface area contributed by atoms with Crippen LogP contribution in [0.5, 0.6) is 5.88 Å². The first-order chi connectivity index (χ1) is 8.23. The number of hydrogen-bond acceptors (Lipinski definition) is 3. The molecule has 0 aliphatic rings. The van der Waals surface area contributed by atoms with Gasteiger partial charge in [0, 0.05) is 11.6 Å². The number of aliphatic carboxylic acids is 1. The highest BCUT2D eigenvalue weighted by molar-refractivity contribution is 5.71. The molecule has 0 saturated heterocycles. The number of aromatic nitrogens is 1. The maximum atomic E-state index is 12.5. The fourth-order valence-electron chi connectivity index (χ4n) is 1.28. The van der Waals surface area contributed by atoms with E-state index in [0.29, 0.717) is 6.07 Å². The lowest BCUT2D eigenvalue weighted by Gasteiger charge is -2.13. The van der Waals surface area contributed by atoms with Gasteiger partial charge in [-0.2, -0.15) is 0 Å². The number of carbonyl (C=O) groups is 1. The van der Waals surface area contributed by atoms with Crippen molar-refractivity contribution in [1.82, 2.24) is 4.98 Å². The molecular weight excluding hydrogens is 262 g/mol. The highest BCUT2D eigenvalue weighted by Crippen LogP contribution is 2.26. The summed E-state index contributed by atoms with van der Waals surface area (Å²) in [5, 5.41) is 8.53. The van der Waals surface area contributed by atoms with Gasteiger partial charge in [0.05, 0.1) is 6.42 Å². The molecule has 1 aromatic heterocycles. The molecule has 9 heteroatoms.